The van der Waals surface area contributed by atoms with Crippen LogP contribution in [0, 0.1) is 0 Å². The topological polar surface area (TPSA) is 95.9 Å². The Hall–Kier alpha value is -1.40. The standard InChI is InChI=1S/C66H129NO5/c1-3-5-7-9-11-13-15-16-17-18-19-20-21-22-23-24-26-29-32-35-39-42-46-50-54-58-64(69)63(62-68)67-65(70)59-55-51-47-43-40-36-33-30-27-25-28-31-34-37-41-45-49-53-57-61-72-66(71)60-56-52-48-44-38-14-12-10-8-6-4-2/h25,27,63-64,68-69H,3-24,26,28-62H2,1-2H3,(H,67,70)/b27-25-. The van der Waals surface area contributed by atoms with Crippen LogP contribution in [0.2, 0.25) is 0 Å². The van der Waals surface area contributed by atoms with Crippen molar-refractivity contribution >= 4 is 11.9 Å². The monoisotopic (exact) mass is 1020 g/mol. The summed E-state index contributed by atoms with van der Waals surface area (Å²) in [5, 5.41) is 23.4. The number of carbonyl (C=O) groups excluding carboxylic acids is 2. The quantitative estimate of drug-likeness (QED) is 0.0320. The van der Waals surface area contributed by atoms with Crippen molar-refractivity contribution in [3.05, 3.63) is 12.2 Å². The molecule has 0 spiro atoms. The van der Waals surface area contributed by atoms with Crippen LogP contribution in [0.15, 0.2) is 12.2 Å². The first-order chi connectivity index (χ1) is 35.5. The second-order valence-electron chi connectivity index (χ2n) is 22.8. The first-order valence-electron chi connectivity index (χ1n) is 32.9. The van der Waals surface area contributed by atoms with Crippen molar-refractivity contribution in [1.29, 1.82) is 0 Å². The molecule has 0 aromatic rings. The molecule has 3 N–H and O–H groups in total. The van der Waals surface area contributed by atoms with Crippen molar-refractivity contribution in [3.8, 4) is 0 Å². The molecule has 0 saturated carbocycles. The Morgan fingerprint density at radius 2 is 0.653 bits per heavy atom. The van der Waals surface area contributed by atoms with E-state index in [4.69, 9.17) is 4.74 Å². The average molecular weight is 1020 g/mol. The SMILES string of the molecule is CCCCCCCCCCCCCCCCCCCCCCCCCCCC(O)C(CO)NC(=O)CCCCCCCCC/C=C\CCCCCCCCCCOC(=O)CCCCCCCCCCCCC. The van der Waals surface area contributed by atoms with Gasteiger partial charge in [0.05, 0.1) is 25.4 Å². The molecule has 6 nitrogen and oxygen atoms in total. The Morgan fingerprint density at radius 3 is 0.986 bits per heavy atom. The third kappa shape index (κ3) is 57.9. The summed E-state index contributed by atoms with van der Waals surface area (Å²) in [7, 11) is 0. The third-order valence-electron chi connectivity index (χ3n) is 15.6. The van der Waals surface area contributed by atoms with Crippen LogP contribution in [0.5, 0.6) is 0 Å². The molecule has 1 amide bonds. The number of carbonyl (C=O) groups is 2. The van der Waals surface area contributed by atoms with E-state index in [0.717, 1.165) is 44.9 Å². The molecule has 0 heterocycles. The summed E-state index contributed by atoms with van der Waals surface area (Å²) in [6.45, 7) is 4.97. The Balaban J connectivity index is 3.43. The number of aliphatic hydroxyl groups is 2. The number of rotatable bonds is 62. The number of amides is 1. The zero-order chi connectivity index (χ0) is 52.2. The molecule has 0 saturated heterocycles. The fraction of sp³-hybridized carbons (Fsp3) is 0.939. The molecule has 0 fully saturated rings. The first-order valence-corrected chi connectivity index (χ1v) is 32.9. The number of esters is 1. The highest BCUT2D eigenvalue weighted by molar-refractivity contribution is 5.76. The van der Waals surface area contributed by atoms with Gasteiger partial charge in [0.15, 0.2) is 0 Å². The fourth-order valence-corrected chi connectivity index (χ4v) is 10.5. The Labute approximate surface area is 450 Å². The molecule has 0 rings (SSSR count). The molecule has 6 heteroatoms. The Bertz CT molecular complexity index is 1080. The zero-order valence-electron chi connectivity index (χ0n) is 48.9. The lowest BCUT2D eigenvalue weighted by Crippen LogP contribution is -2.45. The van der Waals surface area contributed by atoms with E-state index in [1.807, 2.05) is 0 Å². The van der Waals surface area contributed by atoms with E-state index in [1.165, 1.54) is 295 Å². The van der Waals surface area contributed by atoms with Crippen LogP contribution in [0.25, 0.3) is 0 Å². The van der Waals surface area contributed by atoms with Gasteiger partial charge in [0.2, 0.25) is 5.91 Å². The largest absolute Gasteiger partial charge is 0.466 e. The smallest absolute Gasteiger partial charge is 0.305 e. The van der Waals surface area contributed by atoms with E-state index in [1.54, 1.807) is 0 Å². The van der Waals surface area contributed by atoms with Crippen molar-refractivity contribution in [3.63, 3.8) is 0 Å². The summed E-state index contributed by atoms with van der Waals surface area (Å²) in [5.41, 5.74) is 0. The first kappa shape index (κ1) is 70.6. The molecule has 2 atom stereocenters. The van der Waals surface area contributed by atoms with E-state index in [9.17, 15) is 19.8 Å². The van der Waals surface area contributed by atoms with Crippen LogP contribution >= 0.6 is 0 Å². The maximum atomic E-state index is 12.5. The van der Waals surface area contributed by atoms with Gasteiger partial charge in [-0.2, -0.15) is 0 Å². The molecular formula is C66H129NO5. The molecule has 428 valence electrons. The van der Waals surface area contributed by atoms with Crippen LogP contribution in [-0.2, 0) is 14.3 Å². The lowest BCUT2D eigenvalue weighted by atomic mass is 10.0. The van der Waals surface area contributed by atoms with Gasteiger partial charge in [-0.05, 0) is 51.4 Å². The Morgan fingerprint density at radius 1 is 0.375 bits per heavy atom. The van der Waals surface area contributed by atoms with E-state index in [0.29, 0.717) is 25.9 Å². The lowest BCUT2D eigenvalue weighted by Gasteiger charge is -2.22. The Kier molecular flexibility index (Phi) is 60.9. The highest BCUT2D eigenvalue weighted by Gasteiger charge is 2.20. The van der Waals surface area contributed by atoms with Gasteiger partial charge in [-0.3, -0.25) is 9.59 Å². The lowest BCUT2D eigenvalue weighted by molar-refractivity contribution is -0.143. The summed E-state index contributed by atoms with van der Waals surface area (Å²) < 4.78 is 5.46. The molecular weight excluding hydrogens is 887 g/mol. The minimum absolute atomic E-state index is 0.00476. The van der Waals surface area contributed by atoms with Crippen LogP contribution in [0.3, 0.4) is 0 Å². The number of nitrogens with one attached hydrogen (secondary N) is 1. The van der Waals surface area contributed by atoms with Gasteiger partial charge in [-0.1, -0.05) is 321 Å². The number of aliphatic hydroxyl groups excluding tert-OH is 2. The maximum Gasteiger partial charge on any atom is 0.305 e. The molecule has 0 aliphatic carbocycles. The third-order valence-corrected chi connectivity index (χ3v) is 15.6. The summed E-state index contributed by atoms with van der Waals surface area (Å²) >= 11 is 0. The number of hydrogen-bond donors (Lipinski definition) is 3. The van der Waals surface area contributed by atoms with Gasteiger partial charge in [-0.25, -0.2) is 0 Å². The van der Waals surface area contributed by atoms with Crippen molar-refractivity contribution in [2.45, 2.75) is 386 Å². The summed E-state index contributed by atoms with van der Waals surface area (Å²) in [5.74, 6) is -0.0351. The molecule has 0 aromatic heterocycles. The van der Waals surface area contributed by atoms with Gasteiger partial charge >= 0.3 is 5.97 Å². The van der Waals surface area contributed by atoms with Crippen molar-refractivity contribution in [2.75, 3.05) is 13.2 Å². The predicted octanol–water partition coefficient (Wildman–Crippen LogP) is 20.8. The molecule has 0 aliphatic heterocycles. The summed E-state index contributed by atoms with van der Waals surface area (Å²) in [6, 6.07) is -0.549. The van der Waals surface area contributed by atoms with Crippen LogP contribution in [0.1, 0.15) is 373 Å². The number of unbranched alkanes of at least 4 members (excludes halogenated alkanes) is 49. The minimum atomic E-state index is -0.671. The van der Waals surface area contributed by atoms with E-state index in [-0.39, 0.29) is 18.5 Å². The molecule has 0 aromatic carbocycles. The summed E-state index contributed by atoms with van der Waals surface area (Å²) in [4.78, 5) is 24.5. The van der Waals surface area contributed by atoms with Crippen LogP contribution in [0.4, 0.5) is 0 Å². The fourth-order valence-electron chi connectivity index (χ4n) is 10.5. The zero-order valence-corrected chi connectivity index (χ0v) is 48.9. The number of allylic oxidation sites excluding steroid dienone is 2. The van der Waals surface area contributed by atoms with E-state index < -0.39 is 12.1 Å². The summed E-state index contributed by atoms with van der Waals surface area (Å²) in [6.07, 6.45) is 75.2. The second kappa shape index (κ2) is 62.1. The van der Waals surface area contributed by atoms with Gasteiger partial charge < -0.3 is 20.3 Å². The van der Waals surface area contributed by atoms with Gasteiger partial charge in [0.1, 0.15) is 0 Å². The highest BCUT2D eigenvalue weighted by Crippen LogP contribution is 2.18. The number of hydrogen-bond acceptors (Lipinski definition) is 5. The molecule has 2 unspecified atom stereocenters. The molecule has 0 radical (unpaired) electrons. The molecule has 0 aliphatic rings. The van der Waals surface area contributed by atoms with Crippen molar-refractivity contribution < 1.29 is 24.5 Å². The van der Waals surface area contributed by atoms with Crippen molar-refractivity contribution in [1.82, 2.24) is 5.32 Å². The van der Waals surface area contributed by atoms with E-state index >= 15 is 0 Å². The highest BCUT2D eigenvalue weighted by atomic mass is 16.5. The normalized spacial score (nSPS) is 12.6. The van der Waals surface area contributed by atoms with Crippen LogP contribution in [-0.4, -0.2) is 47.4 Å². The van der Waals surface area contributed by atoms with Gasteiger partial charge in [0, 0.05) is 12.8 Å². The van der Waals surface area contributed by atoms with Crippen LogP contribution < -0.4 is 5.32 Å². The minimum Gasteiger partial charge on any atom is -0.466 e. The van der Waals surface area contributed by atoms with E-state index in [2.05, 4.69) is 31.3 Å². The number of ether oxygens (including phenoxy) is 1. The van der Waals surface area contributed by atoms with Gasteiger partial charge in [0.25, 0.3) is 0 Å². The van der Waals surface area contributed by atoms with Crippen molar-refractivity contribution in [2.24, 2.45) is 0 Å². The second-order valence-corrected chi connectivity index (χ2v) is 22.8. The van der Waals surface area contributed by atoms with Gasteiger partial charge in [-0.15, -0.1) is 0 Å². The predicted molar refractivity (Wildman–Crippen MR) is 315 cm³/mol. The average Bonchev–Trinajstić information content (AvgIpc) is 3.38. The molecule has 0 bridgehead atoms. The maximum absolute atomic E-state index is 12.5. The molecule has 72 heavy (non-hydrogen) atoms.